The Kier molecular flexibility index (Phi) is 6.34. The van der Waals surface area contributed by atoms with Gasteiger partial charge in [0, 0.05) is 6.61 Å². The van der Waals surface area contributed by atoms with Gasteiger partial charge in [0.15, 0.2) is 0 Å². The van der Waals surface area contributed by atoms with Gasteiger partial charge in [0.2, 0.25) is 0 Å². The normalized spacial score (nSPS) is 18.8. The average molecular weight is 176 g/mol. The van der Waals surface area contributed by atoms with Crippen LogP contribution in [0.4, 0.5) is 0 Å². The van der Waals surface area contributed by atoms with Crippen LogP contribution in [0.15, 0.2) is 0 Å². The number of aliphatic hydroxyl groups excluding tert-OH is 1. The molecule has 0 saturated carbocycles. The molecular weight excluding hydrogens is 156 g/mol. The third-order valence-electron chi connectivity index (χ3n) is 1.68. The van der Waals surface area contributed by atoms with Crippen molar-refractivity contribution in [1.82, 2.24) is 0 Å². The second-order valence-electron chi connectivity index (χ2n) is 3.05. The summed E-state index contributed by atoms with van der Waals surface area (Å²) < 4.78 is 10.6. The number of hydrogen-bond acceptors (Lipinski definition) is 3. The molecule has 0 aromatic rings. The molecule has 0 saturated heterocycles. The first-order valence-corrected chi connectivity index (χ1v) is 4.49. The molecule has 74 valence electrons. The highest BCUT2D eigenvalue weighted by Crippen LogP contribution is 2.02. The first-order valence-electron chi connectivity index (χ1n) is 4.49. The van der Waals surface area contributed by atoms with Crippen molar-refractivity contribution in [3.05, 3.63) is 0 Å². The molecule has 0 spiro atoms. The standard InChI is InChI=1S/C9H20O3/c1-5-11-6-7(2)12-9(4)8(3)10/h7-10H,5-6H2,1-4H3/t7?,8-,9?/m0/s1. The second-order valence-corrected chi connectivity index (χ2v) is 3.05. The van der Waals surface area contributed by atoms with E-state index in [0.29, 0.717) is 13.2 Å². The topological polar surface area (TPSA) is 38.7 Å². The molecule has 3 atom stereocenters. The Hall–Kier alpha value is -0.120. The molecule has 2 unspecified atom stereocenters. The van der Waals surface area contributed by atoms with Gasteiger partial charge < -0.3 is 14.6 Å². The summed E-state index contributed by atoms with van der Waals surface area (Å²) in [6, 6.07) is 0. The lowest BCUT2D eigenvalue weighted by Crippen LogP contribution is -2.29. The van der Waals surface area contributed by atoms with Gasteiger partial charge in [-0.3, -0.25) is 0 Å². The van der Waals surface area contributed by atoms with Crippen LogP contribution in [0.25, 0.3) is 0 Å². The maximum atomic E-state index is 9.13. The Morgan fingerprint density at radius 3 is 2.25 bits per heavy atom. The minimum Gasteiger partial charge on any atom is -0.391 e. The fourth-order valence-corrected chi connectivity index (χ4v) is 0.803. The monoisotopic (exact) mass is 176 g/mol. The van der Waals surface area contributed by atoms with E-state index in [9.17, 15) is 0 Å². The summed E-state index contributed by atoms with van der Waals surface area (Å²) in [6.45, 7) is 8.76. The van der Waals surface area contributed by atoms with E-state index in [4.69, 9.17) is 14.6 Å². The summed E-state index contributed by atoms with van der Waals surface area (Å²) in [4.78, 5) is 0. The van der Waals surface area contributed by atoms with E-state index in [1.54, 1.807) is 6.92 Å². The van der Waals surface area contributed by atoms with Crippen molar-refractivity contribution in [3.63, 3.8) is 0 Å². The fourth-order valence-electron chi connectivity index (χ4n) is 0.803. The molecule has 0 radical (unpaired) electrons. The number of rotatable bonds is 6. The van der Waals surface area contributed by atoms with Crippen molar-refractivity contribution in [2.45, 2.75) is 46.0 Å². The predicted molar refractivity (Wildman–Crippen MR) is 48.2 cm³/mol. The third kappa shape index (κ3) is 5.52. The Labute approximate surface area is 74.7 Å². The van der Waals surface area contributed by atoms with Crippen LogP contribution in [0.3, 0.4) is 0 Å². The van der Waals surface area contributed by atoms with Crippen molar-refractivity contribution >= 4 is 0 Å². The Morgan fingerprint density at radius 1 is 1.25 bits per heavy atom. The van der Waals surface area contributed by atoms with Crippen LogP contribution in [-0.2, 0) is 9.47 Å². The largest absolute Gasteiger partial charge is 0.391 e. The van der Waals surface area contributed by atoms with E-state index in [1.165, 1.54) is 0 Å². The number of ether oxygens (including phenoxy) is 2. The van der Waals surface area contributed by atoms with Crippen LogP contribution in [0, 0.1) is 0 Å². The molecule has 0 rings (SSSR count). The smallest absolute Gasteiger partial charge is 0.0807 e. The minimum atomic E-state index is -0.422. The molecule has 0 fully saturated rings. The van der Waals surface area contributed by atoms with Crippen molar-refractivity contribution < 1.29 is 14.6 Å². The predicted octanol–water partition coefficient (Wildman–Crippen LogP) is 1.20. The molecular formula is C9H20O3. The minimum absolute atomic E-state index is 0.0505. The van der Waals surface area contributed by atoms with Crippen molar-refractivity contribution in [2.75, 3.05) is 13.2 Å². The summed E-state index contributed by atoms with van der Waals surface area (Å²) in [5.74, 6) is 0. The van der Waals surface area contributed by atoms with Crippen LogP contribution in [0.5, 0.6) is 0 Å². The lowest BCUT2D eigenvalue weighted by molar-refractivity contribution is -0.0803. The molecule has 1 N–H and O–H groups in total. The quantitative estimate of drug-likeness (QED) is 0.661. The molecule has 0 aromatic carbocycles. The summed E-state index contributed by atoms with van der Waals surface area (Å²) >= 11 is 0. The van der Waals surface area contributed by atoms with E-state index in [0.717, 1.165) is 0 Å². The molecule has 0 aliphatic heterocycles. The van der Waals surface area contributed by atoms with Crippen LogP contribution in [-0.4, -0.2) is 36.6 Å². The first kappa shape index (κ1) is 11.9. The average Bonchev–Trinajstić information content (AvgIpc) is 2.00. The van der Waals surface area contributed by atoms with Crippen LogP contribution in [0.2, 0.25) is 0 Å². The van der Waals surface area contributed by atoms with Crippen LogP contribution < -0.4 is 0 Å². The summed E-state index contributed by atoms with van der Waals surface area (Å²) in [5.41, 5.74) is 0. The van der Waals surface area contributed by atoms with Gasteiger partial charge in [-0.25, -0.2) is 0 Å². The van der Waals surface area contributed by atoms with Crippen molar-refractivity contribution in [3.8, 4) is 0 Å². The van der Waals surface area contributed by atoms with Crippen LogP contribution >= 0.6 is 0 Å². The van der Waals surface area contributed by atoms with E-state index < -0.39 is 6.10 Å². The highest BCUT2D eigenvalue weighted by Gasteiger charge is 2.12. The lowest BCUT2D eigenvalue weighted by atomic mass is 10.2. The van der Waals surface area contributed by atoms with Crippen molar-refractivity contribution in [2.24, 2.45) is 0 Å². The SMILES string of the molecule is CCOCC(C)OC(C)[C@H](C)O. The van der Waals surface area contributed by atoms with Gasteiger partial charge in [-0.2, -0.15) is 0 Å². The van der Waals surface area contributed by atoms with Gasteiger partial charge in [-0.1, -0.05) is 0 Å². The van der Waals surface area contributed by atoms with Gasteiger partial charge >= 0.3 is 0 Å². The third-order valence-corrected chi connectivity index (χ3v) is 1.68. The maximum Gasteiger partial charge on any atom is 0.0807 e. The second kappa shape index (κ2) is 6.40. The van der Waals surface area contributed by atoms with E-state index >= 15 is 0 Å². The summed E-state index contributed by atoms with van der Waals surface area (Å²) in [5, 5.41) is 9.13. The maximum absolute atomic E-state index is 9.13. The molecule has 12 heavy (non-hydrogen) atoms. The summed E-state index contributed by atoms with van der Waals surface area (Å²) in [7, 11) is 0. The molecule has 0 aliphatic rings. The first-order chi connectivity index (χ1) is 5.57. The molecule has 0 amide bonds. The van der Waals surface area contributed by atoms with Gasteiger partial charge in [0.05, 0.1) is 24.9 Å². The Balaban J connectivity index is 3.47. The molecule has 3 nitrogen and oxygen atoms in total. The molecule has 0 heterocycles. The zero-order valence-corrected chi connectivity index (χ0v) is 8.41. The van der Waals surface area contributed by atoms with E-state index in [-0.39, 0.29) is 12.2 Å². The van der Waals surface area contributed by atoms with E-state index in [2.05, 4.69) is 0 Å². The molecule has 0 bridgehead atoms. The summed E-state index contributed by atoms with van der Waals surface area (Å²) in [6.07, 6.45) is -0.496. The van der Waals surface area contributed by atoms with Crippen molar-refractivity contribution in [1.29, 1.82) is 0 Å². The highest BCUT2D eigenvalue weighted by atomic mass is 16.5. The lowest BCUT2D eigenvalue weighted by Gasteiger charge is -2.20. The van der Waals surface area contributed by atoms with Gasteiger partial charge in [0.25, 0.3) is 0 Å². The van der Waals surface area contributed by atoms with Gasteiger partial charge in [-0.05, 0) is 27.7 Å². The van der Waals surface area contributed by atoms with Crippen LogP contribution in [0.1, 0.15) is 27.7 Å². The highest BCUT2D eigenvalue weighted by molar-refractivity contribution is 4.59. The molecule has 3 heteroatoms. The zero-order valence-electron chi connectivity index (χ0n) is 8.41. The zero-order chi connectivity index (χ0) is 9.56. The van der Waals surface area contributed by atoms with Gasteiger partial charge in [-0.15, -0.1) is 0 Å². The Bertz CT molecular complexity index is 104. The van der Waals surface area contributed by atoms with E-state index in [1.807, 2.05) is 20.8 Å². The number of aliphatic hydroxyl groups is 1. The molecule has 0 aromatic heterocycles. The Morgan fingerprint density at radius 2 is 1.83 bits per heavy atom. The molecule has 0 aliphatic carbocycles. The fraction of sp³-hybridized carbons (Fsp3) is 1.00. The van der Waals surface area contributed by atoms with Gasteiger partial charge in [0.1, 0.15) is 0 Å². The number of hydrogen-bond donors (Lipinski definition) is 1.